The lowest BCUT2D eigenvalue weighted by atomic mass is 10.1. The third-order valence-electron chi connectivity index (χ3n) is 4.50. The zero-order valence-corrected chi connectivity index (χ0v) is 18.0. The second kappa shape index (κ2) is 9.60. The van der Waals surface area contributed by atoms with Gasteiger partial charge in [0.2, 0.25) is 0 Å². The predicted octanol–water partition coefficient (Wildman–Crippen LogP) is 4.87. The number of benzene rings is 2. The molecule has 0 atom stereocenters. The molecule has 0 saturated carbocycles. The Balaban J connectivity index is 1.85. The third-order valence-corrected chi connectivity index (χ3v) is 5.52. The Hall–Kier alpha value is -2.80. The van der Waals surface area contributed by atoms with Crippen molar-refractivity contribution in [2.24, 2.45) is 0 Å². The number of ketones is 1. The van der Waals surface area contributed by atoms with Gasteiger partial charge in [-0.05, 0) is 63.2 Å². The van der Waals surface area contributed by atoms with Crippen LogP contribution in [0.15, 0.2) is 47.6 Å². The van der Waals surface area contributed by atoms with Crippen molar-refractivity contribution in [3.05, 3.63) is 53.6 Å². The van der Waals surface area contributed by atoms with E-state index in [4.69, 9.17) is 9.47 Å². The maximum absolute atomic E-state index is 11.8. The van der Waals surface area contributed by atoms with E-state index in [2.05, 4.69) is 21.7 Å². The molecule has 3 rings (SSSR count). The second-order valence-corrected chi connectivity index (χ2v) is 7.32. The summed E-state index contributed by atoms with van der Waals surface area (Å²) in [7, 11) is 1.65. The Morgan fingerprint density at radius 1 is 1.10 bits per heavy atom. The van der Waals surface area contributed by atoms with E-state index in [0.29, 0.717) is 17.9 Å². The summed E-state index contributed by atoms with van der Waals surface area (Å²) < 4.78 is 13.0. The van der Waals surface area contributed by atoms with Crippen molar-refractivity contribution in [2.45, 2.75) is 38.2 Å². The van der Waals surface area contributed by atoms with Crippen molar-refractivity contribution in [2.75, 3.05) is 13.7 Å². The van der Waals surface area contributed by atoms with Crippen LogP contribution in [0.25, 0.3) is 11.4 Å². The first-order valence-corrected chi connectivity index (χ1v) is 10.5. The Morgan fingerprint density at radius 3 is 2.48 bits per heavy atom. The maximum Gasteiger partial charge on any atom is 0.191 e. The van der Waals surface area contributed by atoms with Gasteiger partial charge in [0.05, 0.1) is 13.7 Å². The first-order valence-electron chi connectivity index (χ1n) is 9.54. The van der Waals surface area contributed by atoms with Gasteiger partial charge in [0.15, 0.2) is 16.8 Å². The number of thioether (sulfide) groups is 1. The molecule has 0 unspecified atom stereocenters. The Morgan fingerprint density at radius 2 is 1.86 bits per heavy atom. The van der Waals surface area contributed by atoms with Crippen molar-refractivity contribution in [1.82, 2.24) is 14.8 Å². The van der Waals surface area contributed by atoms with Gasteiger partial charge in [-0.1, -0.05) is 11.8 Å². The Kier molecular flexibility index (Phi) is 6.93. The van der Waals surface area contributed by atoms with Gasteiger partial charge in [-0.15, -0.1) is 10.2 Å². The molecule has 7 heteroatoms. The number of aromatic nitrogens is 3. The summed E-state index contributed by atoms with van der Waals surface area (Å²) >= 11 is 1.58. The van der Waals surface area contributed by atoms with Gasteiger partial charge in [-0.25, -0.2) is 0 Å². The standard InChI is InChI=1S/C22H25N3O3S/c1-5-25-21(16-7-10-19(27-4)11-8-16)23-24-22(25)29-14-18-13-17(15(3)26)9-12-20(18)28-6-2/h7-13H,5-6,14H2,1-4H3. The van der Waals surface area contributed by atoms with Crippen LogP contribution in [0.4, 0.5) is 0 Å². The van der Waals surface area contributed by atoms with E-state index < -0.39 is 0 Å². The van der Waals surface area contributed by atoms with Crippen LogP contribution in [0.2, 0.25) is 0 Å². The molecular formula is C22H25N3O3S. The quantitative estimate of drug-likeness (QED) is 0.370. The van der Waals surface area contributed by atoms with Crippen LogP contribution >= 0.6 is 11.8 Å². The number of carbonyl (C=O) groups excluding carboxylic acids is 1. The smallest absolute Gasteiger partial charge is 0.191 e. The van der Waals surface area contributed by atoms with Gasteiger partial charge in [0, 0.05) is 29.0 Å². The van der Waals surface area contributed by atoms with Crippen LogP contribution in [-0.4, -0.2) is 34.3 Å². The van der Waals surface area contributed by atoms with Crippen LogP contribution in [-0.2, 0) is 12.3 Å². The maximum atomic E-state index is 11.8. The Bertz CT molecular complexity index is 983. The lowest BCUT2D eigenvalue weighted by Gasteiger charge is -2.12. The second-order valence-electron chi connectivity index (χ2n) is 6.38. The number of hydrogen-bond acceptors (Lipinski definition) is 6. The van der Waals surface area contributed by atoms with E-state index in [9.17, 15) is 4.79 Å². The van der Waals surface area contributed by atoms with Gasteiger partial charge in [0.1, 0.15) is 11.5 Å². The zero-order chi connectivity index (χ0) is 20.8. The highest BCUT2D eigenvalue weighted by molar-refractivity contribution is 7.98. The van der Waals surface area contributed by atoms with Gasteiger partial charge in [-0.3, -0.25) is 4.79 Å². The molecule has 2 aromatic carbocycles. The first-order chi connectivity index (χ1) is 14.1. The summed E-state index contributed by atoms with van der Waals surface area (Å²) in [6.07, 6.45) is 0. The summed E-state index contributed by atoms with van der Waals surface area (Å²) in [6, 6.07) is 13.4. The molecule has 0 spiro atoms. The number of nitrogens with zero attached hydrogens (tertiary/aromatic N) is 3. The van der Waals surface area contributed by atoms with Crippen molar-refractivity contribution >= 4 is 17.5 Å². The van der Waals surface area contributed by atoms with E-state index in [1.54, 1.807) is 31.9 Å². The summed E-state index contributed by atoms with van der Waals surface area (Å²) in [4.78, 5) is 11.8. The summed E-state index contributed by atoms with van der Waals surface area (Å²) in [5, 5.41) is 9.61. The highest BCUT2D eigenvalue weighted by atomic mass is 32.2. The molecule has 29 heavy (non-hydrogen) atoms. The van der Waals surface area contributed by atoms with Crippen LogP contribution in [0.1, 0.15) is 36.7 Å². The van der Waals surface area contributed by atoms with E-state index in [-0.39, 0.29) is 5.78 Å². The minimum atomic E-state index is 0.0396. The number of Topliss-reactive ketones (excluding diaryl/α,β-unsaturated/α-hetero) is 1. The number of ether oxygens (including phenoxy) is 2. The van der Waals surface area contributed by atoms with Crippen LogP contribution in [0.3, 0.4) is 0 Å². The SMILES string of the molecule is CCOc1ccc(C(C)=O)cc1CSc1nnc(-c2ccc(OC)cc2)n1CC. The molecule has 152 valence electrons. The van der Waals surface area contributed by atoms with Crippen molar-refractivity contribution in [3.63, 3.8) is 0 Å². The topological polar surface area (TPSA) is 66.2 Å². The van der Waals surface area contributed by atoms with Gasteiger partial charge in [0.25, 0.3) is 0 Å². The van der Waals surface area contributed by atoms with Gasteiger partial charge < -0.3 is 14.0 Å². The third kappa shape index (κ3) is 4.79. The fourth-order valence-corrected chi connectivity index (χ4v) is 3.96. The molecule has 0 amide bonds. The molecule has 0 aliphatic heterocycles. The minimum absolute atomic E-state index is 0.0396. The molecule has 0 fully saturated rings. The fourth-order valence-electron chi connectivity index (χ4n) is 2.98. The van der Waals surface area contributed by atoms with E-state index in [1.807, 2.05) is 43.3 Å². The number of methoxy groups -OCH3 is 1. The van der Waals surface area contributed by atoms with Gasteiger partial charge in [-0.2, -0.15) is 0 Å². The molecule has 0 N–H and O–H groups in total. The zero-order valence-electron chi connectivity index (χ0n) is 17.1. The number of rotatable bonds is 9. The molecule has 0 aliphatic rings. The average molecular weight is 412 g/mol. The lowest BCUT2D eigenvalue weighted by molar-refractivity contribution is 0.101. The first kappa shape index (κ1) is 20.9. The molecule has 0 radical (unpaired) electrons. The molecule has 0 saturated heterocycles. The monoisotopic (exact) mass is 411 g/mol. The van der Waals surface area contributed by atoms with Crippen molar-refractivity contribution in [1.29, 1.82) is 0 Å². The molecule has 1 aromatic heterocycles. The molecule has 6 nitrogen and oxygen atoms in total. The summed E-state index contributed by atoms with van der Waals surface area (Å²) in [5.74, 6) is 3.10. The largest absolute Gasteiger partial charge is 0.497 e. The average Bonchev–Trinajstić information content (AvgIpc) is 3.16. The molecule has 0 bridgehead atoms. The van der Waals surface area contributed by atoms with E-state index in [1.165, 1.54) is 0 Å². The predicted molar refractivity (Wildman–Crippen MR) is 115 cm³/mol. The van der Waals surface area contributed by atoms with Gasteiger partial charge >= 0.3 is 0 Å². The highest BCUT2D eigenvalue weighted by Gasteiger charge is 2.15. The van der Waals surface area contributed by atoms with Crippen molar-refractivity contribution in [3.8, 4) is 22.9 Å². The minimum Gasteiger partial charge on any atom is -0.497 e. The molecule has 1 heterocycles. The normalized spacial score (nSPS) is 10.8. The van der Waals surface area contributed by atoms with E-state index >= 15 is 0 Å². The Labute approximate surface area is 175 Å². The highest BCUT2D eigenvalue weighted by Crippen LogP contribution is 2.31. The van der Waals surface area contributed by atoms with Crippen LogP contribution in [0, 0.1) is 0 Å². The summed E-state index contributed by atoms with van der Waals surface area (Å²) in [6.45, 7) is 6.92. The molecular weight excluding hydrogens is 386 g/mol. The molecule has 3 aromatic rings. The van der Waals surface area contributed by atoms with E-state index in [0.717, 1.165) is 40.2 Å². The van der Waals surface area contributed by atoms with Crippen molar-refractivity contribution < 1.29 is 14.3 Å². The lowest BCUT2D eigenvalue weighted by Crippen LogP contribution is -2.02. The van der Waals surface area contributed by atoms with Crippen LogP contribution < -0.4 is 9.47 Å². The molecule has 0 aliphatic carbocycles. The summed E-state index contributed by atoms with van der Waals surface area (Å²) in [5.41, 5.74) is 2.64. The number of carbonyl (C=O) groups is 1. The fraction of sp³-hybridized carbons (Fsp3) is 0.318. The number of hydrogen-bond donors (Lipinski definition) is 0. The van der Waals surface area contributed by atoms with Crippen LogP contribution in [0.5, 0.6) is 11.5 Å².